The number of imidazole rings is 1. The SMILES string of the molecule is NCCC[C@H](Cc1cn(C2CCCCC2)cn1)C(=O)O. The van der Waals surface area contributed by atoms with E-state index >= 15 is 0 Å². The lowest BCUT2D eigenvalue weighted by Crippen LogP contribution is -2.18. The quantitative estimate of drug-likeness (QED) is 0.803. The van der Waals surface area contributed by atoms with Gasteiger partial charge in [-0.05, 0) is 32.2 Å². The average molecular weight is 279 g/mol. The molecule has 0 aromatic carbocycles. The van der Waals surface area contributed by atoms with E-state index in [1.54, 1.807) is 0 Å². The maximum Gasteiger partial charge on any atom is 0.306 e. The molecule has 3 N–H and O–H groups in total. The van der Waals surface area contributed by atoms with Crippen LogP contribution in [0.1, 0.15) is 56.7 Å². The van der Waals surface area contributed by atoms with Crippen molar-refractivity contribution >= 4 is 5.97 Å². The number of aromatic nitrogens is 2. The van der Waals surface area contributed by atoms with E-state index in [0.29, 0.717) is 25.4 Å². The van der Waals surface area contributed by atoms with Crippen LogP contribution in [0.2, 0.25) is 0 Å². The highest BCUT2D eigenvalue weighted by Gasteiger charge is 2.20. The van der Waals surface area contributed by atoms with Crippen LogP contribution in [-0.2, 0) is 11.2 Å². The molecule has 0 amide bonds. The Morgan fingerprint density at radius 3 is 2.85 bits per heavy atom. The Balaban J connectivity index is 1.94. The second kappa shape index (κ2) is 7.43. The first kappa shape index (κ1) is 15.0. The molecule has 1 saturated carbocycles. The summed E-state index contributed by atoms with van der Waals surface area (Å²) in [5, 5.41) is 9.24. The van der Waals surface area contributed by atoms with E-state index in [1.165, 1.54) is 32.1 Å². The van der Waals surface area contributed by atoms with E-state index in [2.05, 4.69) is 9.55 Å². The summed E-state index contributed by atoms with van der Waals surface area (Å²) in [5.74, 6) is -1.11. The van der Waals surface area contributed by atoms with Crippen LogP contribution in [0, 0.1) is 5.92 Å². The first-order chi connectivity index (χ1) is 9.70. The molecule has 0 unspecified atom stereocenters. The molecule has 112 valence electrons. The van der Waals surface area contributed by atoms with Crippen molar-refractivity contribution in [1.29, 1.82) is 0 Å². The molecule has 1 aromatic rings. The molecule has 1 fully saturated rings. The molecular formula is C15H25N3O2. The molecule has 5 heteroatoms. The van der Waals surface area contributed by atoms with Gasteiger partial charge in [0.05, 0.1) is 17.9 Å². The predicted octanol–water partition coefficient (Wildman–Crippen LogP) is 2.37. The van der Waals surface area contributed by atoms with Crippen molar-refractivity contribution in [3.05, 3.63) is 18.2 Å². The third-order valence-electron chi connectivity index (χ3n) is 4.21. The molecule has 1 atom stereocenters. The zero-order valence-electron chi connectivity index (χ0n) is 12.0. The molecular weight excluding hydrogens is 254 g/mol. The second-order valence-electron chi connectivity index (χ2n) is 5.77. The minimum atomic E-state index is -0.745. The van der Waals surface area contributed by atoms with E-state index in [-0.39, 0.29) is 5.92 Å². The molecule has 1 aromatic heterocycles. The van der Waals surface area contributed by atoms with E-state index < -0.39 is 5.97 Å². The number of carboxylic acid groups (broad SMARTS) is 1. The number of nitrogens with zero attached hydrogens (tertiary/aromatic N) is 2. The van der Waals surface area contributed by atoms with Crippen molar-refractivity contribution in [3.8, 4) is 0 Å². The summed E-state index contributed by atoms with van der Waals surface area (Å²) in [6.07, 6.45) is 12.1. The number of hydrogen-bond acceptors (Lipinski definition) is 3. The highest BCUT2D eigenvalue weighted by Crippen LogP contribution is 2.28. The lowest BCUT2D eigenvalue weighted by molar-refractivity contribution is -0.142. The second-order valence-corrected chi connectivity index (χ2v) is 5.77. The van der Waals surface area contributed by atoms with Crippen LogP contribution < -0.4 is 5.73 Å². The topological polar surface area (TPSA) is 81.1 Å². The highest BCUT2D eigenvalue weighted by atomic mass is 16.4. The van der Waals surface area contributed by atoms with Crippen molar-refractivity contribution in [1.82, 2.24) is 9.55 Å². The summed E-state index contributed by atoms with van der Waals surface area (Å²) >= 11 is 0. The van der Waals surface area contributed by atoms with E-state index in [1.807, 2.05) is 12.5 Å². The summed E-state index contributed by atoms with van der Waals surface area (Å²) in [6.45, 7) is 0.542. The molecule has 0 bridgehead atoms. The highest BCUT2D eigenvalue weighted by molar-refractivity contribution is 5.70. The first-order valence-corrected chi connectivity index (χ1v) is 7.66. The Hall–Kier alpha value is -1.36. The normalized spacial score (nSPS) is 18.1. The number of nitrogens with two attached hydrogens (primary N) is 1. The summed E-state index contributed by atoms with van der Waals surface area (Å²) in [5.41, 5.74) is 6.35. The van der Waals surface area contributed by atoms with Gasteiger partial charge in [-0.2, -0.15) is 0 Å². The molecule has 20 heavy (non-hydrogen) atoms. The number of rotatable bonds is 7. The fourth-order valence-electron chi connectivity index (χ4n) is 2.99. The lowest BCUT2D eigenvalue weighted by Gasteiger charge is -2.22. The maximum atomic E-state index is 11.2. The van der Waals surface area contributed by atoms with E-state index in [9.17, 15) is 9.90 Å². The van der Waals surface area contributed by atoms with Gasteiger partial charge in [-0.3, -0.25) is 4.79 Å². The molecule has 0 saturated heterocycles. The van der Waals surface area contributed by atoms with Gasteiger partial charge in [0.25, 0.3) is 0 Å². The summed E-state index contributed by atoms with van der Waals surface area (Å²) in [6, 6.07) is 0.553. The minimum Gasteiger partial charge on any atom is -0.481 e. The van der Waals surface area contributed by atoms with Gasteiger partial charge in [0.1, 0.15) is 0 Å². The van der Waals surface area contributed by atoms with Crippen LogP contribution in [0.15, 0.2) is 12.5 Å². The van der Waals surface area contributed by atoms with Gasteiger partial charge in [0.15, 0.2) is 0 Å². The summed E-state index contributed by atoms with van der Waals surface area (Å²) in [4.78, 5) is 15.6. The zero-order valence-corrected chi connectivity index (χ0v) is 12.0. The molecule has 1 heterocycles. The van der Waals surface area contributed by atoms with Crippen molar-refractivity contribution in [2.45, 2.75) is 57.4 Å². The van der Waals surface area contributed by atoms with Crippen LogP contribution in [-0.4, -0.2) is 27.2 Å². The van der Waals surface area contributed by atoms with Crippen molar-refractivity contribution in [2.75, 3.05) is 6.54 Å². The Labute approximate surface area is 120 Å². The largest absolute Gasteiger partial charge is 0.481 e. The number of aliphatic carboxylic acids is 1. The fraction of sp³-hybridized carbons (Fsp3) is 0.733. The maximum absolute atomic E-state index is 11.2. The molecule has 0 aliphatic heterocycles. The average Bonchev–Trinajstić information content (AvgIpc) is 2.92. The van der Waals surface area contributed by atoms with Gasteiger partial charge in [-0.15, -0.1) is 0 Å². The van der Waals surface area contributed by atoms with E-state index in [4.69, 9.17) is 5.73 Å². The van der Waals surface area contributed by atoms with Gasteiger partial charge in [0.2, 0.25) is 0 Å². The van der Waals surface area contributed by atoms with Gasteiger partial charge >= 0.3 is 5.97 Å². The summed E-state index contributed by atoms with van der Waals surface area (Å²) in [7, 11) is 0. The molecule has 1 aliphatic carbocycles. The van der Waals surface area contributed by atoms with Crippen LogP contribution in [0.3, 0.4) is 0 Å². The molecule has 0 spiro atoms. The Bertz CT molecular complexity index is 425. The van der Waals surface area contributed by atoms with Gasteiger partial charge in [-0.25, -0.2) is 4.98 Å². The standard InChI is InChI=1S/C15H25N3O2/c16-8-4-5-12(15(19)20)9-13-10-18(11-17-13)14-6-2-1-3-7-14/h10-12,14H,1-9,16H2,(H,19,20)/t12-/m1/s1. The van der Waals surface area contributed by atoms with Crippen molar-refractivity contribution in [3.63, 3.8) is 0 Å². The first-order valence-electron chi connectivity index (χ1n) is 7.66. The Kier molecular flexibility index (Phi) is 5.59. The summed E-state index contributed by atoms with van der Waals surface area (Å²) < 4.78 is 2.18. The molecule has 1 aliphatic rings. The predicted molar refractivity (Wildman–Crippen MR) is 77.5 cm³/mol. The zero-order chi connectivity index (χ0) is 14.4. The Morgan fingerprint density at radius 1 is 1.45 bits per heavy atom. The van der Waals surface area contributed by atoms with Crippen LogP contribution >= 0.6 is 0 Å². The minimum absolute atomic E-state index is 0.367. The third-order valence-corrected chi connectivity index (χ3v) is 4.21. The number of carboxylic acids is 1. The van der Waals surface area contributed by atoms with Crippen LogP contribution in [0.25, 0.3) is 0 Å². The smallest absolute Gasteiger partial charge is 0.306 e. The van der Waals surface area contributed by atoms with Crippen molar-refractivity contribution in [2.24, 2.45) is 11.7 Å². The van der Waals surface area contributed by atoms with Gasteiger partial charge in [-0.1, -0.05) is 19.3 Å². The number of carbonyl (C=O) groups is 1. The molecule has 0 radical (unpaired) electrons. The van der Waals surface area contributed by atoms with Gasteiger partial charge < -0.3 is 15.4 Å². The monoisotopic (exact) mass is 279 g/mol. The third kappa shape index (κ3) is 4.07. The fourth-order valence-corrected chi connectivity index (χ4v) is 2.99. The van der Waals surface area contributed by atoms with Gasteiger partial charge in [0, 0.05) is 18.7 Å². The molecule has 2 rings (SSSR count). The Morgan fingerprint density at radius 2 is 2.20 bits per heavy atom. The van der Waals surface area contributed by atoms with Crippen LogP contribution in [0.4, 0.5) is 0 Å². The lowest BCUT2D eigenvalue weighted by atomic mass is 9.95. The van der Waals surface area contributed by atoms with E-state index in [0.717, 1.165) is 12.1 Å². The van der Waals surface area contributed by atoms with Crippen LogP contribution in [0.5, 0.6) is 0 Å². The number of hydrogen-bond donors (Lipinski definition) is 2. The van der Waals surface area contributed by atoms with Crippen molar-refractivity contribution < 1.29 is 9.90 Å². The molecule has 5 nitrogen and oxygen atoms in total.